The number of pyridine rings is 1. The average Bonchev–Trinajstić information content (AvgIpc) is 2.91. The smallest absolute Gasteiger partial charge is 0.254 e. The van der Waals surface area contributed by atoms with Crippen LogP contribution in [0.4, 0.5) is 0 Å². The van der Waals surface area contributed by atoms with Crippen LogP contribution >= 0.6 is 0 Å². The van der Waals surface area contributed by atoms with Crippen molar-refractivity contribution in [3.8, 4) is 0 Å². The number of hydrogen-bond donors (Lipinski definition) is 2. The molecule has 0 aliphatic carbocycles. The molecular weight excluding hydrogens is 242 g/mol. The summed E-state index contributed by atoms with van der Waals surface area (Å²) in [4.78, 5) is 21.1. The molecule has 0 aliphatic heterocycles. The first-order valence-corrected chi connectivity index (χ1v) is 6.14. The fourth-order valence-electron chi connectivity index (χ4n) is 1.88. The van der Waals surface area contributed by atoms with E-state index in [2.05, 4.69) is 9.97 Å². The SMILES string of the molecule is CN(Cc1ccc[nH]1)C(=O)c1ccnc(CCO)c1. The molecule has 0 saturated heterocycles. The first kappa shape index (κ1) is 13.3. The number of aliphatic hydroxyl groups excluding tert-OH is 1. The summed E-state index contributed by atoms with van der Waals surface area (Å²) >= 11 is 0. The van der Waals surface area contributed by atoms with Gasteiger partial charge in [-0.15, -0.1) is 0 Å². The number of carbonyl (C=O) groups is 1. The Hall–Kier alpha value is -2.14. The van der Waals surface area contributed by atoms with Crippen LogP contribution in [0.5, 0.6) is 0 Å². The van der Waals surface area contributed by atoms with E-state index >= 15 is 0 Å². The van der Waals surface area contributed by atoms with Crippen molar-refractivity contribution in [3.05, 3.63) is 53.6 Å². The number of H-pyrrole nitrogens is 1. The lowest BCUT2D eigenvalue weighted by molar-refractivity contribution is 0.0783. The number of nitrogens with one attached hydrogen (secondary N) is 1. The fourth-order valence-corrected chi connectivity index (χ4v) is 1.88. The zero-order valence-corrected chi connectivity index (χ0v) is 10.8. The molecule has 0 fully saturated rings. The Kier molecular flexibility index (Phi) is 4.30. The van der Waals surface area contributed by atoms with Crippen LogP contribution in [0.1, 0.15) is 21.7 Å². The summed E-state index contributed by atoms with van der Waals surface area (Å²) in [6.45, 7) is 0.562. The molecule has 0 saturated carbocycles. The highest BCUT2D eigenvalue weighted by Crippen LogP contribution is 2.08. The molecule has 19 heavy (non-hydrogen) atoms. The van der Waals surface area contributed by atoms with Gasteiger partial charge in [-0.3, -0.25) is 9.78 Å². The van der Waals surface area contributed by atoms with Gasteiger partial charge in [0, 0.05) is 49.4 Å². The van der Waals surface area contributed by atoms with Gasteiger partial charge in [-0.2, -0.15) is 0 Å². The molecule has 0 spiro atoms. The fraction of sp³-hybridized carbons (Fsp3) is 0.286. The molecule has 5 nitrogen and oxygen atoms in total. The van der Waals surface area contributed by atoms with Crippen molar-refractivity contribution in [1.29, 1.82) is 0 Å². The molecule has 1 amide bonds. The standard InChI is InChI=1S/C14H17N3O2/c1-17(10-13-3-2-6-15-13)14(19)11-4-7-16-12(9-11)5-8-18/h2-4,6-7,9,15,18H,5,8,10H2,1H3. The Morgan fingerprint density at radius 2 is 2.32 bits per heavy atom. The lowest BCUT2D eigenvalue weighted by atomic mass is 10.1. The predicted octanol–water partition coefficient (Wildman–Crippen LogP) is 1.22. The lowest BCUT2D eigenvalue weighted by Crippen LogP contribution is -2.26. The zero-order valence-electron chi connectivity index (χ0n) is 10.8. The molecule has 2 N–H and O–H groups in total. The Morgan fingerprint density at radius 3 is 3.00 bits per heavy atom. The van der Waals surface area contributed by atoms with Gasteiger partial charge < -0.3 is 15.0 Å². The maximum atomic E-state index is 12.2. The number of aromatic nitrogens is 2. The number of aromatic amines is 1. The molecule has 0 unspecified atom stereocenters. The minimum absolute atomic E-state index is 0.0307. The van der Waals surface area contributed by atoms with Crippen LogP contribution in [0.25, 0.3) is 0 Å². The van der Waals surface area contributed by atoms with Crippen LogP contribution in [0.2, 0.25) is 0 Å². The summed E-state index contributed by atoms with van der Waals surface area (Å²) in [6.07, 6.45) is 3.89. The van der Waals surface area contributed by atoms with E-state index in [1.807, 2.05) is 18.3 Å². The van der Waals surface area contributed by atoms with Crippen molar-refractivity contribution in [3.63, 3.8) is 0 Å². The van der Waals surface area contributed by atoms with Crippen molar-refractivity contribution < 1.29 is 9.90 Å². The van der Waals surface area contributed by atoms with Gasteiger partial charge >= 0.3 is 0 Å². The Balaban J connectivity index is 2.08. The van der Waals surface area contributed by atoms with Gasteiger partial charge in [0.15, 0.2) is 0 Å². The van der Waals surface area contributed by atoms with E-state index in [1.54, 1.807) is 30.3 Å². The van der Waals surface area contributed by atoms with E-state index < -0.39 is 0 Å². The lowest BCUT2D eigenvalue weighted by Gasteiger charge is -2.16. The highest BCUT2D eigenvalue weighted by atomic mass is 16.3. The molecule has 0 atom stereocenters. The van der Waals surface area contributed by atoms with E-state index in [-0.39, 0.29) is 12.5 Å². The van der Waals surface area contributed by atoms with Gasteiger partial charge in [0.05, 0.1) is 6.54 Å². The first-order valence-electron chi connectivity index (χ1n) is 6.14. The molecule has 0 bridgehead atoms. The number of hydrogen-bond acceptors (Lipinski definition) is 3. The van der Waals surface area contributed by atoms with E-state index in [4.69, 9.17) is 5.11 Å². The maximum absolute atomic E-state index is 12.2. The molecule has 2 rings (SSSR count). The quantitative estimate of drug-likeness (QED) is 0.848. The average molecular weight is 259 g/mol. The summed E-state index contributed by atoms with van der Waals surface area (Å²) in [5.74, 6) is -0.0591. The highest BCUT2D eigenvalue weighted by molar-refractivity contribution is 5.94. The third kappa shape index (κ3) is 3.42. The Labute approximate surface area is 111 Å². The van der Waals surface area contributed by atoms with E-state index in [1.165, 1.54) is 0 Å². The van der Waals surface area contributed by atoms with Crippen LogP contribution < -0.4 is 0 Å². The van der Waals surface area contributed by atoms with Crippen LogP contribution in [-0.2, 0) is 13.0 Å². The number of nitrogens with zero attached hydrogens (tertiary/aromatic N) is 2. The van der Waals surface area contributed by atoms with Gasteiger partial charge in [0.25, 0.3) is 5.91 Å². The third-order valence-electron chi connectivity index (χ3n) is 2.85. The molecule has 100 valence electrons. The summed E-state index contributed by atoms with van der Waals surface area (Å²) in [5, 5.41) is 8.89. The zero-order chi connectivity index (χ0) is 13.7. The molecule has 0 aliphatic rings. The van der Waals surface area contributed by atoms with E-state index in [0.717, 1.165) is 11.4 Å². The number of carbonyl (C=O) groups excluding carboxylic acids is 1. The van der Waals surface area contributed by atoms with Crippen molar-refractivity contribution >= 4 is 5.91 Å². The van der Waals surface area contributed by atoms with E-state index in [9.17, 15) is 4.79 Å². The van der Waals surface area contributed by atoms with Crippen molar-refractivity contribution in [2.45, 2.75) is 13.0 Å². The minimum Gasteiger partial charge on any atom is -0.396 e. The minimum atomic E-state index is -0.0591. The monoisotopic (exact) mass is 259 g/mol. The van der Waals surface area contributed by atoms with Crippen LogP contribution in [0.3, 0.4) is 0 Å². The Morgan fingerprint density at radius 1 is 1.47 bits per heavy atom. The summed E-state index contributed by atoms with van der Waals surface area (Å²) in [7, 11) is 1.76. The van der Waals surface area contributed by atoms with Gasteiger partial charge in [0.2, 0.25) is 0 Å². The first-order chi connectivity index (χ1) is 9.20. The van der Waals surface area contributed by atoms with Crippen molar-refractivity contribution in [2.24, 2.45) is 0 Å². The second-order valence-electron chi connectivity index (χ2n) is 4.37. The second-order valence-corrected chi connectivity index (χ2v) is 4.37. The predicted molar refractivity (Wildman–Crippen MR) is 71.6 cm³/mol. The van der Waals surface area contributed by atoms with E-state index in [0.29, 0.717) is 18.5 Å². The number of rotatable bonds is 5. The molecule has 2 aromatic heterocycles. The molecule has 5 heteroatoms. The molecular formula is C14H17N3O2. The van der Waals surface area contributed by atoms with Gasteiger partial charge in [-0.25, -0.2) is 0 Å². The topological polar surface area (TPSA) is 69.2 Å². The van der Waals surface area contributed by atoms with Gasteiger partial charge in [-0.05, 0) is 24.3 Å². The molecule has 2 heterocycles. The van der Waals surface area contributed by atoms with Crippen LogP contribution in [0, 0.1) is 0 Å². The molecule has 0 radical (unpaired) electrons. The summed E-state index contributed by atoms with van der Waals surface area (Å²) in [6, 6.07) is 7.26. The van der Waals surface area contributed by atoms with Crippen molar-refractivity contribution in [2.75, 3.05) is 13.7 Å². The maximum Gasteiger partial charge on any atom is 0.254 e. The molecule has 0 aromatic carbocycles. The second kappa shape index (κ2) is 6.15. The number of amides is 1. The third-order valence-corrected chi connectivity index (χ3v) is 2.85. The summed E-state index contributed by atoms with van der Waals surface area (Å²) < 4.78 is 0. The summed E-state index contributed by atoms with van der Waals surface area (Å²) in [5.41, 5.74) is 2.30. The Bertz CT molecular complexity index is 537. The van der Waals surface area contributed by atoms with Gasteiger partial charge in [-0.1, -0.05) is 0 Å². The highest BCUT2D eigenvalue weighted by Gasteiger charge is 2.13. The number of aliphatic hydroxyl groups is 1. The van der Waals surface area contributed by atoms with Crippen LogP contribution in [-0.4, -0.2) is 39.5 Å². The van der Waals surface area contributed by atoms with Crippen LogP contribution in [0.15, 0.2) is 36.7 Å². The van der Waals surface area contributed by atoms with Gasteiger partial charge in [0.1, 0.15) is 0 Å². The molecule has 2 aromatic rings. The largest absolute Gasteiger partial charge is 0.396 e. The normalized spacial score (nSPS) is 10.4. The van der Waals surface area contributed by atoms with Crippen molar-refractivity contribution in [1.82, 2.24) is 14.9 Å².